The molecule has 3 nitrogen and oxygen atoms in total. The molecule has 0 spiro atoms. The van der Waals surface area contributed by atoms with Gasteiger partial charge in [-0.15, -0.1) is 0 Å². The Morgan fingerprint density at radius 3 is 2.20 bits per heavy atom. The SMILES string of the molecule is CCCNC(CS(=O)(=O)C(C)C(C)C)c1ccccc1. The van der Waals surface area contributed by atoms with Crippen molar-refractivity contribution in [3.63, 3.8) is 0 Å². The largest absolute Gasteiger partial charge is 0.309 e. The number of hydrogen-bond donors (Lipinski definition) is 1. The zero-order chi connectivity index (χ0) is 15.2. The van der Waals surface area contributed by atoms with Crippen LogP contribution in [0.4, 0.5) is 0 Å². The summed E-state index contributed by atoms with van der Waals surface area (Å²) < 4.78 is 25.0. The summed E-state index contributed by atoms with van der Waals surface area (Å²) in [4.78, 5) is 0. The van der Waals surface area contributed by atoms with Crippen molar-refractivity contribution >= 4 is 9.84 Å². The molecule has 1 aromatic carbocycles. The van der Waals surface area contributed by atoms with Crippen LogP contribution in [0.15, 0.2) is 30.3 Å². The first-order valence-electron chi connectivity index (χ1n) is 7.38. The maximum Gasteiger partial charge on any atom is 0.155 e. The van der Waals surface area contributed by atoms with Crippen LogP contribution in [0.2, 0.25) is 0 Å². The van der Waals surface area contributed by atoms with E-state index in [9.17, 15) is 8.42 Å². The van der Waals surface area contributed by atoms with E-state index >= 15 is 0 Å². The molecule has 0 saturated carbocycles. The summed E-state index contributed by atoms with van der Waals surface area (Å²) >= 11 is 0. The van der Waals surface area contributed by atoms with Crippen LogP contribution in [-0.2, 0) is 9.84 Å². The Hall–Kier alpha value is -0.870. The van der Waals surface area contributed by atoms with Gasteiger partial charge < -0.3 is 5.32 Å². The molecule has 2 unspecified atom stereocenters. The van der Waals surface area contributed by atoms with Gasteiger partial charge in [-0.1, -0.05) is 51.1 Å². The Bertz CT molecular complexity index is 482. The van der Waals surface area contributed by atoms with Gasteiger partial charge in [0, 0.05) is 6.04 Å². The van der Waals surface area contributed by atoms with Crippen LogP contribution in [0, 0.1) is 5.92 Å². The minimum Gasteiger partial charge on any atom is -0.309 e. The molecule has 1 N–H and O–H groups in total. The van der Waals surface area contributed by atoms with Gasteiger partial charge in [0.25, 0.3) is 0 Å². The first-order valence-corrected chi connectivity index (χ1v) is 9.10. The third-order valence-electron chi connectivity index (χ3n) is 3.75. The summed E-state index contributed by atoms with van der Waals surface area (Å²) in [5.74, 6) is 0.304. The number of nitrogens with one attached hydrogen (secondary N) is 1. The Morgan fingerprint density at radius 1 is 1.10 bits per heavy atom. The van der Waals surface area contributed by atoms with Gasteiger partial charge in [0.05, 0.1) is 11.0 Å². The minimum absolute atomic E-state index is 0.123. The summed E-state index contributed by atoms with van der Waals surface area (Å²) in [6.07, 6.45) is 0.989. The molecule has 0 aliphatic carbocycles. The second-order valence-electron chi connectivity index (χ2n) is 5.70. The van der Waals surface area contributed by atoms with Crippen LogP contribution in [0.25, 0.3) is 0 Å². The Labute approximate surface area is 123 Å². The topological polar surface area (TPSA) is 46.2 Å². The molecule has 0 aliphatic heterocycles. The van der Waals surface area contributed by atoms with Crippen molar-refractivity contribution in [2.24, 2.45) is 5.92 Å². The fraction of sp³-hybridized carbons (Fsp3) is 0.625. The number of hydrogen-bond acceptors (Lipinski definition) is 3. The zero-order valence-electron chi connectivity index (χ0n) is 13.0. The standard InChI is InChI=1S/C16H27NO2S/c1-5-11-17-16(15-9-7-6-8-10-15)12-20(18,19)14(4)13(2)3/h6-10,13-14,16-17H,5,11-12H2,1-4H3. The maximum atomic E-state index is 12.5. The van der Waals surface area contributed by atoms with E-state index in [1.807, 2.05) is 51.1 Å². The lowest BCUT2D eigenvalue weighted by molar-refractivity contribution is 0.520. The highest BCUT2D eigenvalue weighted by atomic mass is 32.2. The Kier molecular flexibility index (Phi) is 6.69. The van der Waals surface area contributed by atoms with Gasteiger partial charge in [0.15, 0.2) is 9.84 Å². The number of benzene rings is 1. The van der Waals surface area contributed by atoms with E-state index in [0.717, 1.165) is 18.5 Å². The monoisotopic (exact) mass is 297 g/mol. The highest BCUT2D eigenvalue weighted by Gasteiger charge is 2.27. The molecule has 1 aromatic rings. The summed E-state index contributed by atoms with van der Waals surface area (Å²) in [7, 11) is -3.10. The van der Waals surface area contributed by atoms with Gasteiger partial charge in [-0.05, 0) is 31.4 Å². The van der Waals surface area contributed by atoms with Crippen molar-refractivity contribution in [3.05, 3.63) is 35.9 Å². The highest BCUT2D eigenvalue weighted by molar-refractivity contribution is 7.92. The van der Waals surface area contributed by atoms with Crippen molar-refractivity contribution in [3.8, 4) is 0 Å². The predicted octanol–water partition coefficient (Wildman–Crippen LogP) is 3.19. The van der Waals surface area contributed by atoms with Gasteiger partial charge in [0.1, 0.15) is 0 Å². The third-order valence-corrected chi connectivity index (χ3v) is 6.22. The number of sulfone groups is 1. The molecule has 0 saturated heterocycles. The van der Waals surface area contributed by atoms with Crippen LogP contribution in [0.3, 0.4) is 0 Å². The molecule has 1 rings (SSSR count). The average molecular weight is 297 g/mol. The van der Waals surface area contributed by atoms with Crippen LogP contribution < -0.4 is 5.32 Å². The number of rotatable bonds is 8. The molecule has 0 fully saturated rings. The normalized spacial score (nSPS) is 15.2. The molecule has 0 bridgehead atoms. The fourth-order valence-corrected chi connectivity index (χ4v) is 3.98. The zero-order valence-corrected chi connectivity index (χ0v) is 13.8. The maximum absolute atomic E-state index is 12.5. The summed E-state index contributed by atoms with van der Waals surface area (Å²) in [6, 6.07) is 9.71. The van der Waals surface area contributed by atoms with Gasteiger partial charge in [-0.2, -0.15) is 0 Å². The third kappa shape index (κ3) is 4.91. The quantitative estimate of drug-likeness (QED) is 0.801. The van der Waals surface area contributed by atoms with Gasteiger partial charge in [-0.3, -0.25) is 0 Å². The second kappa shape index (κ2) is 7.79. The van der Waals surface area contributed by atoms with E-state index in [0.29, 0.717) is 0 Å². The lowest BCUT2D eigenvalue weighted by Gasteiger charge is -2.23. The molecule has 4 heteroatoms. The molecule has 0 aliphatic rings. The van der Waals surface area contributed by atoms with Gasteiger partial charge in [0.2, 0.25) is 0 Å². The molecular weight excluding hydrogens is 270 g/mol. The van der Waals surface area contributed by atoms with E-state index in [4.69, 9.17) is 0 Å². The summed E-state index contributed by atoms with van der Waals surface area (Å²) in [5.41, 5.74) is 1.04. The highest BCUT2D eigenvalue weighted by Crippen LogP contribution is 2.20. The van der Waals surface area contributed by atoms with E-state index in [1.165, 1.54) is 0 Å². The average Bonchev–Trinajstić information content (AvgIpc) is 2.43. The van der Waals surface area contributed by atoms with Crippen LogP contribution in [0.1, 0.15) is 45.7 Å². The van der Waals surface area contributed by atoms with E-state index < -0.39 is 9.84 Å². The summed E-state index contributed by atoms with van der Waals surface area (Å²) in [6.45, 7) is 8.63. The van der Waals surface area contributed by atoms with Crippen molar-refractivity contribution in [2.45, 2.75) is 45.4 Å². The van der Waals surface area contributed by atoms with Gasteiger partial charge >= 0.3 is 0 Å². The van der Waals surface area contributed by atoms with E-state index in [-0.39, 0.29) is 23.0 Å². The van der Waals surface area contributed by atoms with Crippen molar-refractivity contribution in [1.82, 2.24) is 5.32 Å². The molecule has 114 valence electrons. The lowest BCUT2D eigenvalue weighted by Crippen LogP contribution is -2.34. The lowest BCUT2D eigenvalue weighted by atomic mass is 10.1. The van der Waals surface area contributed by atoms with E-state index in [1.54, 1.807) is 0 Å². The van der Waals surface area contributed by atoms with Crippen LogP contribution in [-0.4, -0.2) is 26.0 Å². The smallest absolute Gasteiger partial charge is 0.155 e. The van der Waals surface area contributed by atoms with Crippen LogP contribution >= 0.6 is 0 Å². The van der Waals surface area contributed by atoms with Crippen molar-refractivity contribution < 1.29 is 8.42 Å². The van der Waals surface area contributed by atoms with E-state index in [2.05, 4.69) is 12.2 Å². The fourth-order valence-electron chi connectivity index (χ4n) is 2.08. The molecule has 0 aromatic heterocycles. The van der Waals surface area contributed by atoms with Gasteiger partial charge in [-0.25, -0.2) is 8.42 Å². The van der Waals surface area contributed by atoms with Crippen molar-refractivity contribution in [2.75, 3.05) is 12.3 Å². The predicted molar refractivity (Wildman–Crippen MR) is 85.6 cm³/mol. The van der Waals surface area contributed by atoms with Crippen LogP contribution in [0.5, 0.6) is 0 Å². The molecule has 0 radical (unpaired) electrons. The molecule has 0 heterocycles. The minimum atomic E-state index is -3.10. The molecular formula is C16H27NO2S. The van der Waals surface area contributed by atoms with Crippen molar-refractivity contribution in [1.29, 1.82) is 0 Å². The Morgan fingerprint density at radius 2 is 1.70 bits per heavy atom. The second-order valence-corrected chi connectivity index (χ2v) is 8.10. The molecule has 2 atom stereocenters. The summed E-state index contributed by atoms with van der Waals surface area (Å²) in [5, 5.41) is 3.05. The molecule has 20 heavy (non-hydrogen) atoms. The first kappa shape index (κ1) is 17.2. The molecule has 0 amide bonds. The Balaban J connectivity index is 2.91. The first-order chi connectivity index (χ1) is 9.38.